The second kappa shape index (κ2) is 7.13. The average Bonchev–Trinajstić information content (AvgIpc) is 2.61. The molecule has 0 aromatic heterocycles. The molecule has 1 aromatic rings. The van der Waals surface area contributed by atoms with Crippen LogP contribution in [0.4, 0.5) is 0 Å². The van der Waals surface area contributed by atoms with Crippen LogP contribution in [0.1, 0.15) is 44.6 Å². The molecular weight excluding hydrogens is 318 g/mol. The van der Waals surface area contributed by atoms with Crippen molar-refractivity contribution in [2.24, 2.45) is 0 Å². The molecule has 1 N–H and O–H groups in total. The van der Waals surface area contributed by atoms with Gasteiger partial charge in [0.25, 0.3) is 0 Å². The Bertz CT molecular complexity index is 776. The minimum atomic E-state index is -0.418. The Kier molecular flexibility index (Phi) is 4.93. The van der Waals surface area contributed by atoms with Crippen molar-refractivity contribution in [3.63, 3.8) is 0 Å². The number of carbonyl (C=O) groups is 2. The fourth-order valence-corrected chi connectivity index (χ4v) is 3.62. The molecule has 0 saturated heterocycles. The number of hydrogen-bond donors (Lipinski definition) is 1. The molecule has 5 nitrogen and oxygen atoms in total. The predicted octanol–water partition coefficient (Wildman–Crippen LogP) is 3.23. The normalized spacial score (nSPS) is 20.1. The summed E-state index contributed by atoms with van der Waals surface area (Å²) in [4.78, 5) is 25.3. The Morgan fingerprint density at radius 3 is 2.84 bits per heavy atom. The van der Waals surface area contributed by atoms with Gasteiger partial charge in [-0.1, -0.05) is 12.1 Å². The number of hydrogen-bond acceptors (Lipinski definition) is 5. The van der Waals surface area contributed by atoms with E-state index in [-0.39, 0.29) is 11.8 Å². The van der Waals surface area contributed by atoms with Crippen LogP contribution in [0.3, 0.4) is 0 Å². The molecule has 0 bridgehead atoms. The highest BCUT2D eigenvalue weighted by molar-refractivity contribution is 6.03. The first-order valence-corrected chi connectivity index (χ1v) is 8.62. The van der Waals surface area contributed by atoms with Gasteiger partial charge in [-0.15, -0.1) is 0 Å². The Balaban J connectivity index is 2.16. The molecule has 2 aliphatic rings. The first kappa shape index (κ1) is 17.3. The van der Waals surface area contributed by atoms with Crippen LogP contribution < -0.4 is 10.1 Å². The molecule has 1 heterocycles. The van der Waals surface area contributed by atoms with Gasteiger partial charge in [-0.05, 0) is 44.4 Å². The molecule has 0 amide bonds. The van der Waals surface area contributed by atoms with Gasteiger partial charge in [0.1, 0.15) is 5.75 Å². The van der Waals surface area contributed by atoms with Crippen molar-refractivity contribution in [3.8, 4) is 5.75 Å². The van der Waals surface area contributed by atoms with Gasteiger partial charge in [-0.2, -0.15) is 0 Å². The standard InChI is InChI=1S/C20H23NO4/c1-4-25-20(23)17-12(2)21-15-9-6-10-16(22)19(15)18(17)13-7-5-8-14(11-13)24-3/h5,7-8,11,18,21H,4,6,9-10H2,1-3H3/t18-/m0/s1. The molecule has 1 atom stereocenters. The number of methoxy groups -OCH3 is 1. The first-order valence-electron chi connectivity index (χ1n) is 8.62. The third-order valence-electron chi connectivity index (χ3n) is 4.70. The summed E-state index contributed by atoms with van der Waals surface area (Å²) in [5.74, 6) is -0.0124. The lowest BCUT2D eigenvalue weighted by molar-refractivity contribution is -0.138. The fraction of sp³-hybridized carbons (Fsp3) is 0.400. The third-order valence-corrected chi connectivity index (χ3v) is 4.70. The third kappa shape index (κ3) is 3.18. The van der Waals surface area contributed by atoms with E-state index in [0.717, 1.165) is 29.8 Å². The Hall–Kier alpha value is -2.56. The Morgan fingerprint density at radius 1 is 1.32 bits per heavy atom. The van der Waals surface area contributed by atoms with Crippen molar-refractivity contribution in [3.05, 3.63) is 52.4 Å². The quantitative estimate of drug-likeness (QED) is 0.852. The van der Waals surface area contributed by atoms with Crippen LogP contribution in [0.25, 0.3) is 0 Å². The number of benzene rings is 1. The second-order valence-corrected chi connectivity index (χ2v) is 6.26. The summed E-state index contributed by atoms with van der Waals surface area (Å²) in [6, 6.07) is 7.54. The van der Waals surface area contributed by atoms with Crippen molar-refractivity contribution in [2.45, 2.75) is 39.0 Å². The molecular formula is C20H23NO4. The zero-order chi connectivity index (χ0) is 18.0. The highest BCUT2D eigenvalue weighted by atomic mass is 16.5. The van der Waals surface area contributed by atoms with E-state index in [9.17, 15) is 9.59 Å². The first-order chi connectivity index (χ1) is 12.1. The zero-order valence-electron chi connectivity index (χ0n) is 14.8. The summed E-state index contributed by atoms with van der Waals surface area (Å²) >= 11 is 0. The Morgan fingerprint density at radius 2 is 2.12 bits per heavy atom. The van der Waals surface area contributed by atoms with Gasteiger partial charge in [0.15, 0.2) is 5.78 Å². The van der Waals surface area contributed by atoms with E-state index in [4.69, 9.17) is 9.47 Å². The minimum Gasteiger partial charge on any atom is -0.497 e. The van der Waals surface area contributed by atoms with E-state index < -0.39 is 5.92 Å². The largest absolute Gasteiger partial charge is 0.497 e. The fourth-order valence-electron chi connectivity index (χ4n) is 3.62. The van der Waals surface area contributed by atoms with E-state index in [0.29, 0.717) is 29.9 Å². The number of ketones is 1. The number of nitrogens with one attached hydrogen (secondary N) is 1. The van der Waals surface area contributed by atoms with Crippen LogP contribution in [0.5, 0.6) is 5.75 Å². The highest BCUT2D eigenvalue weighted by Crippen LogP contribution is 2.43. The predicted molar refractivity (Wildman–Crippen MR) is 94.1 cm³/mol. The number of Topliss-reactive ketones (excluding diaryl/α,β-unsaturated/α-hetero) is 1. The number of rotatable bonds is 4. The van der Waals surface area contributed by atoms with Gasteiger partial charge in [-0.3, -0.25) is 4.79 Å². The van der Waals surface area contributed by atoms with Crippen molar-refractivity contribution < 1.29 is 19.1 Å². The highest BCUT2D eigenvalue weighted by Gasteiger charge is 2.39. The monoisotopic (exact) mass is 341 g/mol. The average molecular weight is 341 g/mol. The van der Waals surface area contributed by atoms with Gasteiger partial charge in [0, 0.05) is 29.3 Å². The van der Waals surface area contributed by atoms with E-state index >= 15 is 0 Å². The lowest BCUT2D eigenvalue weighted by Crippen LogP contribution is -2.34. The number of esters is 1. The van der Waals surface area contributed by atoms with Crippen molar-refractivity contribution in [2.75, 3.05) is 13.7 Å². The van der Waals surface area contributed by atoms with Gasteiger partial charge >= 0.3 is 5.97 Å². The van der Waals surface area contributed by atoms with Gasteiger partial charge in [-0.25, -0.2) is 4.79 Å². The van der Waals surface area contributed by atoms with Gasteiger partial charge in [0.2, 0.25) is 0 Å². The van der Waals surface area contributed by atoms with E-state index in [1.807, 2.05) is 31.2 Å². The van der Waals surface area contributed by atoms with Gasteiger partial charge < -0.3 is 14.8 Å². The Labute approximate surface area is 147 Å². The number of dihydropyridines is 1. The maximum absolute atomic E-state index is 12.7. The van der Waals surface area contributed by atoms with Gasteiger partial charge in [0.05, 0.1) is 19.3 Å². The number of carbonyl (C=O) groups excluding carboxylic acids is 2. The topological polar surface area (TPSA) is 64.6 Å². The maximum atomic E-state index is 12.7. The van der Waals surface area contributed by atoms with E-state index in [1.54, 1.807) is 14.0 Å². The molecule has 1 aliphatic carbocycles. The summed E-state index contributed by atoms with van der Waals surface area (Å²) in [6.45, 7) is 3.93. The lowest BCUT2D eigenvalue weighted by atomic mass is 9.75. The molecule has 132 valence electrons. The summed E-state index contributed by atoms with van der Waals surface area (Å²) in [7, 11) is 1.60. The summed E-state index contributed by atoms with van der Waals surface area (Å²) in [6.07, 6.45) is 2.16. The molecule has 1 aromatic carbocycles. The van der Waals surface area contributed by atoms with Crippen molar-refractivity contribution in [1.82, 2.24) is 5.32 Å². The molecule has 1 aliphatic heterocycles. The van der Waals surface area contributed by atoms with Crippen LogP contribution in [0.15, 0.2) is 46.8 Å². The summed E-state index contributed by atoms with van der Waals surface area (Å²) < 4.78 is 10.6. The second-order valence-electron chi connectivity index (χ2n) is 6.26. The van der Waals surface area contributed by atoms with Crippen molar-refractivity contribution in [1.29, 1.82) is 0 Å². The molecule has 3 rings (SSSR count). The SMILES string of the molecule is CCOC(=O)C1=C(C)NC2=C(C(=O)CCC2)[C@H]1c1cccc(OC)c1. The molecule has 25 heavy (non-hydrogen) atoms. The van der Waals surface area contributed by atoms with Crippen molar-refractivity contribution >= 4 is 11.8 Å². The maximum Gasteiger partial charge on any atom is 0.336 e. The molecule has 0 radical (unpaired) electrons. The summed E-state index contributed by atoms with van der Waals surface area (Å²) in [5.41, 5.74) is 3.73. The molecule has 0 unspecified atom stereocenters. The number of ether oxygens (including phenoxy) is 2. The van der Waals surface area contributed by atoms with Crippen LogP contribution in [0, 0.1) is 0 Å². The van der Waals surface area contributed by atoms with Crippen LogP contribution >= 0.6 is 0 Å². The van der Waals surface area contributed by atoms with Crippen LogP contribution in [-0.4, -0.2) is 25.5 Å². The lowest BCUT2D eigenvalue weighted by Gasteiger charge is -2.34. The zero-order valence-corrected chi connectivity index (χ0v) is 14.8. The minimum absolute atomic E-state index is 0.0934. The van der Waals surface area contributed by atoms with Crippen LogP contribution in [-0.2, 0) is 14.3 Å². The van der Waals surface area contributed by atoms with E-state index in [2.05, 4.69) is 5.32 Å². The van der Waals surface area contributed by atoms with Crippen LogP contribution in [0.2, 0.25) is 0 Å². The number of allylic oxidation sites excluding steroid dienone is 3. The smallest absolute Gasteiger partial charge is 0.336 e. The molecule has 5 heteroatoms. The molecule has 0 saturated carbocycles. The summed E-state index contributed by atoms with van der Waals surface area (Å²) in [5, 5.41) is 3.27. The molecule has 0 fully saturated rings. The van der Waals surface area contributed by atoms with E-state index in [1.165, 1.54) is 0 Å². The molecule has 0 spiro atoms.